The van der Waals surface area contributed by atoms with Crippen molar-refractivity contribution in [2.75, 3.05) is 13.1 Å². The molecule has 1 aliphatic heterocycles. The Kier molecular flexibility index (Phi) is 5.55. The van der Waals surface area contributed by atoms with Crippen molar-refractivity contribution >= 4 is 6.03 Å². The van der Waals surface area contributed by atoms with Crippen LogP contribution in [0.5, 0.6) is 5.75 Å². The molecule has 0 bridgehead atoms. The van der Waals surface area contributed by atoms with Gasteiger partial charge in [0.15, 0.2) is 0 Å². The standard InChI is InChI=1S/C19H24N4O3/c1-13-12-20-7-4-17(13)26-16-5-9-23(10-6-16)19(25)22-14(2)15-3-8-21-18(24)11-15/h3-4,7-8,11-12,14,16H,5-6,9-10H2,1-2H3,(H,21,24)(H,22,25). The Labute approximate surface area is 152 Å². The van der Waals surface area contributed by atoms with Gasteiger partial charge >= 0.3 is 6.03 Å². The number of aromatic nitrogens is 2. The monoisotopic (exact) mass is 356 g/mol. The highest BCUT2D eigenvalue weighted by Crippen LogP contribution is 2.22. The van der Waals surface area contributed by atoms with E-state index in [4.69, 9.17) is 4.74 Å². The number of nitrogens with zero attached hydrogens (tertiary/aromatic N) is 2. The van der Waals surface area contributed by atoms with Crippen molar-refractivity contribution in [3.63, 3.8) is 0 Å². The summed E-state index contributed by atoms with van der Waals surface area (Å²) in [6.45, 7) is 5.13. The van der Waals surface area contributed by atoms with E-state index in [0.717, 1.165) is 29.7 Å². The van der Waals surface area contributed by atoms with Gasteiger partial charge in [0.2, 0.25) is 5.56 Å². The Morgan fingerprint density at radius 1 is 1.38 bits per heavy atom. The van der Waals surface area contributed by atoms with Gasteiger partial charge in [-0.05, 0) is 31.5 Å². The smallest absolute Gasteiger partial charge is 0.317 e. The number of likely N-dealkylation sites (tertiary alicyclic amines) is 1. The van der Waals surface area contributed by atoms with Crippen LogP contribution in [0.3, 0.4) is 0 Å². The van der Waals surface area contributed by atoms with E-state index >= 15 is 0 Å². The van der Waals surface area contributed by atoms with Crippen LogP contribution in [0.1, 0.15) is 36.9 Å². The minimum absolute atomic E-state index is 0.102. The van der Waals surface area contributed by atoms with Crippen molar-refractivity contribution in [3.8, 4) is 5.75 Å². The zero-order chi connectivity index (χ0) is 18.5. The van der Waals surface area contributed by atoms with E-state index < -0.39 is 0 Å². The molecule has 7 nitrogen and oxygen atoms in total. The molecule has 0 radical (unpaired) electrons. The van der Waals surface area contributed by atoms with E-state index in [-0.39, 0.29) is 23.7 Å². The molecule has 1 unspecified atom stereocenters. The lowest BCUT2D eigenvalue weighted by atomic mass is 10.1. The number of piperidine rings is 1. The number of amides is 2. The van der Waals surface area contributed by atoms with Crippen LogP contribution in [0, 0.1) is 6.92 Å². The Morgan fingerprint density at radius 3 is 2.85 bits per heavy atom. The Bertz CT molecular complexity index is 812. The Morgan fingerprint density at radius 2 is 2.15 bits per heavy atom. The topological polar surface area (TPSA) is 87.3 Å². The van der Waals surface area contributed by atoms with Crippen molar-refractivity contribution < 1.29 is 9.53 Å². The summed E-state index contributed by atoms with van der Waals surface area (Å²) in [5.41, 5.74) is 1.63. The third-order valence-electron chi connectivity index (χ3n) is 4.63. The van der Waals surface area contributed by atoms with Gasteiger partial charge in [-0.15, -0.1) is 0 Å². The lowest BCUT2D eigenvalue weighted by Crippen LogP contribution is -2.47. The summed E-state index contributed by atoms with van der Waals surface area (Å²) in [5.74, 6) is 0.853. The van der Waals surface area contributed by atoms with E-state index in [1.165, 1.54) is 6.07 Å². The minimum atomic E-state index is -0.224. The molecule has 0 saturated carbocycles. The molecule has 3 heterocycles. The molecule has 3 rings (SSSR count). The zero-order valence-corrected chi connectivity index (χ0v) is 15.1. The number of nitrogens with one attached hydrogen (secondary N) is 2. The molecular weight excluding hydrogens is 332 g/mol. The van der Waals surface area contributed by atoms with Gasteiger partial charge in [-0.1, -0.05) is 0 Å². The summed E-state index contributed by atoms with van der Waals surface area (Å²) >= 11 is 0. The summed E-state index contributed by atoms with van der Waals surface area (Å²) in [5, 5.41) is 2.95. The maximum Gasteiger partial charge on any atom is 0.317 e. The predicted octanol–water partition coefficient (Wildman–Crippen LogP) is 2.39. The van der Waals surface area contributed by atoms with Crippen LogP contribution in [0.25, 0.3) is 0 Å². The highest BCUT2D eigenvalue weighted by atomic mass is 16.5. The van der Waals surface area contributed by atoms with Crippen molar-refractivity contribution in [1.29, 1.82) is 0 Å². The first-order valence-corrected chi connectivity index (χ1v) is 8.84. The van der Waals surface area contributed by atoms with Gasteiger partial charge in [-0.25, -0.2) is 4.79 Å². The van der Waals surface area contributed by atoms with E-state index in [0.29, 0.717) is 13.1 Å². The molecule has 0 aromatic carbocycles. The summed E-state index contributed by atoms with van der Waals surface area (Å²) in [6.07, 6.45) is 6.77. The molecule has 0 aliphatic carbocycles. The third kappa shape index (κ3) is 4.41. The quantitative estimate of drug-likeness (QED) is 0.880. The summed E-state index contributed by atoms with van der Waals surface area (Å²) < 4.78 is 6.04. The number of carbonyl (C=O) groups is 1. The Balaban J connectivity index is 1.50. The molecule has 2 amide bonds. The van der Waals surface area contributed by atoms with E-state index in [9.17, 15) is 9.59 Å². The fraction of sp³-hybridized carbons (Fsp3) is 0.421. The maximum absolute atomic E-state index is 12.5. The second-order valence-electron chi connectivity index (χ2n) is 6.60. The fourth-order valence-corrected chi connectivity index (χ4v) is 3.04. The summed E-state index contributed by atoms with van der Waals surface area (Å²) in [4.78, 5) is 32.3. The number of hydrogen-bond acceptors (Lipinski definition) is 4. The predicted molar refractivity (Wildman–Crippen MR) is 98.2 cm³/mol. The lowest BCUT2D eigenvalue weighted by molar-refractivity contribution is 0.109. The number of H-pyrrole nitrogens is 1. The SMILES string of the molecule is Cc1cnccc1OC1CCN(C(=O)NC(C)c2cc[nH]c(=O)c2)CC1. The molecule has 2 aromatic rings. The molecule has 26 heavy (non-hydrogen) atoms. The number of aromatic amines is 1. The van der Waals surface area contributed by atoms with Crippen LogP contribution in [0.15, 0.2) is 41.6 Å². The van der Waals surface area contributed by atoms with Crippen LogP contribution >= 0.6 is 0 Å². The molecular formula is C19H24N4O3. The first kappa shape index (κ1) is 18.0. The molecule has 7 heteroatoms. The van der Waals surface area contributed by atoms with Gasteiger partial charge in [-0.3, -0.25) is 9.78 Å². The van der Waals surface area contributed by atoms with Gasteiger partial charge in [0.25, 0.3) is 0 Å². The van der Waals surface area contributed by atoms with Gasteiger partial charge in [0, 0.05) is 56.2 Å². The van der Waals surface area contributed by atoms with Gasteiger partial charge in [-0.2, -0.15) is 0 Å². The molecule has 0 spiro atoms. The number of ether oxygens (including phenoxy) is 1. The second-order valence-corrected chi connectivity index (χ2v) is 6.60. The fourth-order valence-electron chi connectivity index (χ4n) is 3.04. The molecule has 1 atom stereocenters. The van der Waals surface area contributed by atoms with E-state index in [2.05, 4.69) is 15.3 Å². The van der Waals surface area contributed by atoms with Gasteiger partial charge in [0.05, 0.1) is 6.04 Å². The molecule has 2 N–H and O–H groups in total. The molecule has 1 aliphatic rings. The maximum atomic E-state index is 12.5. The Hall–Kier alpha value is -2.83. The second kappa shape index (κ2) is 8.03. The molecule has 1 saturated heterocycles. The van der Waals surface area contributed by atoms with E-state index in [1.807, 2.05) is 19.9 Å². The van der Waals surface area contributed by atoms with Crippen LogP contribution in [-0.2, 0) is 0 Å². The van der Waals surface area contributed by atoms with Crippen molar-refractivity contribution in [2.24, 2.45) is 0 Å². The number of urea groups is 1. The molecule has 2 aromatic heterocycles. The average molecular weight is 356 g/mol. The first-order chi connectivity index (χ1) is 12.5. The number of hydrogen-bond donors (Lipinski definition) is 2. The van der Waals surface area contributed by atoms with Crippen molar-refractivity contribution in [3.05, 3.63) is 58.3 Å². The summed E-state index contributed by atoms with van der Waals surface area (Å²) in [7, 11) is 0. The van der Waals surface area contributed by atoms with Crippen molar-refractivity contribution in [2.45, 2.75) is 38.8 Å². The number of rotatable bonds is 4. The first-order valence-electron chi connectivity index (χ1n) is 8.84. The third-order valence-corrected chi connectivity index (χ3v) is 4.63. The number of aryl methyl sites for hydroxylation is 1. The number of carbonyl (C=O) groups excluding carboxylic acids is 1. The van der Waals surface area contributed by atoms with Crippen LogP contribution in [-0.4, -0.2) is 40.1 Å². The summed E-state index contributed by atoms with van der Waals surface area (Å²) in [6, 6.07) is 4.83. The van der Waals surface area contributed by atoms with E-state index in [1.54, 1.807) is 29.6 Å². The van der Waals surface area contributed by atoms with Crippen LogP contribution < -0.4 is 15.6 Å². The lowest BCUT2D eigenvalue weighted by Gasteiger charge is -2.33. The minimum Gasteiger partial charge on any atom is -0.490 e. The normalized spacial score (nSPS) is 16.2. The zero-order valence-electron chi connectivity index (χ0n) is 15.1. The van der Waals surface area contributed by atoms with Crippen LogP contribution in [0.2, 0.25) is 0 Å². The highest BCUT2D eigenvalue weighted by Gasteiger charge is 2.25. The van der Waals surface area contributed by atoms with Gasteiger partial charge < -0.3 is 19.9 Å². The van der Waals surface area contributed by atoms with Crippen LogP contribution in [0.4, 0.5) is 4.79 Å². The van der Waals surface area contributed by atoms with Crippen molar-refractivity contribution in [1.82, 2.24) is 20.2 Å². The molecule has 1 fully saturated rings. The largest absolute Gasteiger partial charge is 0.490 e. The number of pyridine rings is 2. The average Bonchev–Trinajstić information content (AvgIpc) is 2.64. The van der Waals surface area contributed by atoms with Gasteiger partial charge in [0.1, 0.15) is 11.9 Å². The molecule has 138 valence electrons. The highest BCUT2D eigenvalue weighted by molar-refractivity contribution is 5.74.